The quantitative estimate of drug-likeness (QED) is 0.746. The van der Waals surface area contributed by atoms with E-state index in [4.69, 9.17) is 31.2 Å². The summed E-state index contributed by atoms with van der Waals surface area (Å²) in [6.07, 6.45) is 6.41. The monoisotopic (exact) mass is 356 g/mol. The van der Waals surface area contributed by atoms with Gasteiger partial charge in [-0.15, -0.1) is 0 Å². The highest BCUT2D eigenvalue weighted by atomic mass is 32.1. The Morgan fingerprint density at radius 1 is 1.24 bits per heavy atom. The van der Waals surface area contributed by atoms with Gasteiger partial charge in [0.05, 0.1) is 17.4 Å². The van der Waals surface area contributed by atoms with Gasteiger partial charge in [0.2, 0.25) is 6.79 Å². The number of fused-ring (bicyclic) bond motifs is 2. The molecule has 2 bridgehead atoms. The molecule has 0 amide bonds. The molecule has 4 nitrogen and oxygen atoms in total. The van der Waals surface area contributed by atoms with Crippen molar-refractivity contribution in [3.63, 3.8) is 0 Å². The third kappa shape index (κ3) is 2.08. The Kier molecular flexibility index (Phi) is 3.20. The molecule has 4 atom stereocenters. The molecular weight excluding hydrogens is 336 g/mol. The molecule has 2 fully saturated rings. The van der Waals surface area contributed by atoms with Crippen LogP contribution in [0.3, 0.4) is 0 Å². The molecule has 1 aromatic carbocycles. The van der Waals surface area contributed by atoms with Crippen molar-refractivity contribution >= 4 is 17.1 Å². The molecule has 0 N–H and O–H groups in total. The molecule has 1 aromatic rings. The number of benzene rings is 1. The Labute approximate surface area is 152 Å². The van der Waals surface area contributed by atoms with Crippen LogP contribution in [0.1, 0.15) is 31.2 Å². The normalized spacial score (nSPS) is 34.8. The van der Waals surface area contributed by atoms with Crippen molar-refractivity contribution in [2.75, 3.05) is 13.9 Å². The van der Waals surface area contributed by atoms with Crippen LogP contribution >= 0.6 is 12.2 Å². The fraction of sp³-hybridized carbons (Fsp3) is 0.450. The lowest BCUT2D eigenvalue weighted by Gasteiger charge is -2.41. The van der Waals surface area contributed by atoms with Gasteiger partial charge in [-0.1, -0.05) is 25.2 Å². The summed E-state index contributed by atoms with van der Waals surface area (Å²) in [5.74, 6) is 4.25. The molecule has 1 spiro atoms. The summed E-state index contributed by atoms with van der Waals surface area (Å²) in [7, 11) is 1.68. The van der Waals surface area contributed by atoms with Gasteiger partial charge in [-0.05, 0) is 48.1 Å². The van der Waals surface area contributed by atoms with Crippen molar-refractivity contribution in [2.45, 2.75) is 31.8 Å². The van der Waals surface area contributed by atoms with Crippen molar-refractivity contribution in [1.82, 2.24) is 0 Å². The first-order valence-corrected chi connectivity index (χ1v) is 9.11. The molecule has 2 aliphatic heterocycles. The van der Waals surface area contributed by atoms with E-state index in [0.29, 0.717) is 18.6 Å². The highest BCUT2D eigenvalue weighted by Gasteiger charge is 2.56. The Morgan fingerprint density at radius 3 is 2.92 bits per heavy atom. The Bertz CT molecular complexity index is 827. The fourth-order valence-corrected chi connectivity index (χ4v) is 5.10. The summed E-state index contributed by atoms with van der Waals surface area (Å²) in [6, 6.07) is 6.30. The smallest absolute Gasteiger partial charge is 0.231 e. The third-order valence-corrected chi connectivity index (χ3v) is 6.51. The van der Waals surface area contributed by atoms with Crippen LogP contribution in [0.5, 0.6) is 11.5 Å². The summed E-state index contributed by atoms with van der Waals surface area (Å²) >= 11 is 5.44. The lowest BCUT2D eigenvalue weighted by atomic mass is 9.59. The summed E-state index contributed by atoms with van der Waals surface area (Å²) in [5.41, 5.74) is 1.16. The number of methoxy groups -OCH3 is 1. The maximum atomic E-state index is 6.28. The summed E-state index contributed by atoms with van der Waals surface area (Å²) in [4.78, 5) is 0.725. The SMILES string of the molecule is COC1=C[C@]23C[C@H](C[C@H](c4ccc5c(c4)OCO5)[C@H]2C)OC3=CC1=S. The minimum absolute atomic E-state index is 0.127. The fourth-order valence-electron chi connectivity index (χ4n) is 4.85. The second kappa shape index (κ2) is 5.24. The lowest BCUT2D eigenvalue weighted by Crippen LogP contribution is -2.37. The van der Waals surface area contributed by atoms with Crippen molar-refractivity contribution in [2.24, 2.45) is 11.3 Å². The van der Waals surface area contributed by atoms with Gasteiger partial charge in [0.25, 0.3) is 0 Å². The topological polar surface area (TPSA) is 36.9 Å². The third-order valence-electron chi connectivity index (χ3n) is 6.19. The van der Waals surface area contributed by atoms with E-state index in [1.165, 1.54) is 5.56 Å². The molecule has 5 heteroatoms. The first-order chi connectivity index (χ1) is 12.1. The molecule has 1 saturated carbocycles. The zero-order chi connectivity index (χ0) is 17.2. The average molecular weight is 356 g/mol. The van der Waals surface area contributed by atoms with Crippen molar-refractivity contribution in [3.05, 3.63) is 47.4 Å². The molecule has 0 radical (unpaired) electrons. The van der Waals surface area contributed by atoms with E-state index in [1.54, 1.807) is 7.11 Å². The van der Waals surface area contributed by atoms with Crippen LogP contribution in [0.25, 0.3) is 0 Å². The summed E-state index contributed by atoms with van der Waals surface area (Å²) < 4.78 is 22.8. The lowest BCUT2D eigenvalue weighted by molar-refractivity contribution is 0.131. The van der Waals surface area contributed by atoms with Gasteiger partial charge in [0.1, 0.15) is 17.6 Å². The van der Waals surface area contributed by atoms with Gasteiger partial charge in [0, 0.05) is 6.42 Å². The molecule has 2 aliphatic carbocycles. The van der Waals surface area contributed by atoms with Gasteiger partial charge in [0.15, 0.2) is 11.5 Å². The molecule has 2 heterocycles. The molecule has 4 aliphatic rings. The van der Waals surface area contributed by atoms with Crippen LogP contribution in [0.2, 0.25) is 0 Å². The maximum absolute atomic E-state index is 6.28. The second-order valence-electron chi connectivity index (χ2n) is 7.31. The maximum Gasteiger partial charge on any atom is 0.231 e. The van der Waals surface area contributed by atoms with E-state index < -0.39 is 0 Å². The number of allylic oxidation sites excluding steroid dienone is 2. The van der Waals surface area contributed by atoms with Crippen LogP contribution in [-0.4, -0.2) is 24.9 Å². The predicted octanol–water partition coefficient (Wildman–Crippen LogP) is 4.11. The number of ether oxygens (including phenoxy) is 4. The van der Waals surface area contributed by atoms with Gasteiger partial charge >= 0.3 is 0 Å². The number of thiocarbonyl (C=S) groups is 1. The van der Waals surface area contributed by atoms with Crippen LogP contribution in [0, 0.1) is 11.3 Å². The van der Waals surface area contributed by atoms with E-state index in [2.05, 4.69) is 25.1 Å². The molecule has 5 rings (SSSR count). The molecule has 25 heavy (non-hydrogen) atoms. The van der Waals surface area contributed by atoms with Crippen molar-refractivity contribution < 1.29 is 18.9 Å². The van der Waals surface area contributed by atoms with Crippen LogP contribution < -0.4 is 9.47 Å². The van der Waals surface area contributed by atoms with Crippen molar-refractivity contribution in [1.29, 1.82) is 0 Å². The van der Waals surface area contributed by atoms with Gasteiger partial charge in [-0.3, -0.25) is 0 Å². The van der Waals surface area contributed by atoms with Crippen LogP contribution in [-0.2, 0) is 9.47 Å². The van der Waals surface area contributed by atoms with Crippen LogP contribution in [0.4, 0.5) is 0 Å². The Morgan fingerprint density at radius 2 is 2.08 bits per heavy atom. The summed E-state index contributed by atoms with van der Waals surface area (Å²) in [6.45, 7) is 2.62. The molecule has 0 unspecified atom stereocenters. The van der Waals surface area contributed by atoms with Gasteiger partial charge < -0.3 is 18.9 Å². The van der Waals surface area contributed by atoms with E-state index in [-0.39, 0.29) is 11.5 Å². The number of hydrogen-bond donors (Lipinski definition) is 0. The standard InChI is InChI=1S/C20H20O4S/c1-11-14(12-3-4-15-16(5-12)23-10-22-15)6-13-8-20(11)9-17(21-2)18(25)7-19(20)24-13/h3-5,7,9,11,13-14H,6,8,10H2,1-2H3/t11-,13+,14+,20-/m1/s1. The molecule has 0 aromatic heterocycles. The first-order valence-electron chi connectivity index (χ1n) is 8.70. The molecular formula is C20H20O4S. The summed E-state index contributed by atoms with van der Waals surface area (Å²) in [5, 5.41) is 0. The molecule has 1 saturated heterocycles. The minimum atomic E-state index is -0.127. The van der Waals surface area contributed by atoms with E-state index >= 15 is 0 Å². The zero-order valence-electron chi connectivity index (χ0n) is 14.3. The van der Waals surface area contributed by atoms with Gasteiger partial charge in [-0.25, -0.2) is 0 Å². The Balaban J connectivity index is 1.56. The largest absolute Gasteiger partial charge is 0.496 e. The number of hydrogen-bond acceptors (Lipinski definition) is 5. The Hall–Kier alpha value is -2.01. The molecule has 130 valence electrons. The second-order valence-corrected chi connectivity index (χ2v) is 7.75. The predicted molar refractivity (Wildman–Crippen MR) is 96.8 cm³/mol. The van der Waals surface area contributed by atoms with Crippen molar-refractivity contribution in [3.8, 4) is 11.5 Å². The van der Waals surface area contributed by atoms with Gasteiger partial charge in [-0.2, -0.15) is 0 Å². The average Bonchev–Trinajstić information content (AvgIpc) is 3.19. The van der Waals surface area contributed by atoms with Crippen LogP contribution in [0.15, 0.2) is 41.9 Å². The number of rotatable bonds is 2. The van der Waals surface area contributed by atoms with E-state index in [0.717, 1.165) is 40.7 Å². The minimum Gasteiger partial charge on any atom is -0.496 e. The van der Waals surface area contributed by atoms with E-state index in [9.17, 15) is 0 Å². The zero-order valence-corrected chi connectivity index (χ0v) is 15.1. The first kappa shape index (κ1) is 15.3. The van der Waals surface area contributed by atoms with E-state index in [1.807, 2.05) is 12.1 Å². The highest BCUT2D eigenvalue weighted by molar-refractivity contribution is 7.81. The highest BCUT2D eigenvalue weighted by Crippen LogP contribution is 2.61.